The lowest BCUT2D eigenvalue weighted by atomic mass is 10.1. The third kappa shape index (κ3) is 7.98. The van der Waals surface area contributed by atoms with Crippen LogP contribution in [0.2, 0.25) is 5.02 Å². The van der Waals surface area contributed by atoms with Crippen molar-refractivity contribution in [2.45, 2.75) is 39.0 Å². The van der Waals surface area contributed by atoms with E-state index in [0.717, 1.165) is 61.6 Å². The SMILES string of the molecule is CCCCOc1nc(N(Cc2ccc(OC)cc2)Cc2ccc(OC)cc2)c2ncc(C(O)c3cnc(N4CCN(C)CC4)c(Cl)c3)n2n1. The molecule has 258 valence electrons. The summed E-state index contributed by atoms with van der Waals surface area (Å²) in [6.07, 6.45) is 3.99. The van der Waals surface area contributed by atoms with Gasteiger partial charge in [-0.25, -0.2) is 14.5 Å². The number of nitrogens with zero attached hydrogens (tertiary/aromatic N) is 8. The van der Waals surface area contributed by atoms with E-state index in [4.69, 9.17) is 40.9 Å². The van der Waals surface area contributed by atoms with Gasteiger partial charge in [-0.05, 0) is 54.9 Å². The van der Waals surface area contributed by atoms with Crippen molar-refractivity contribution in [2.24, 2.45) is 0 Å². The van der Waals surface area contributed by atoms with Gasteiger partial charge in [-0.15, -0.1) is 5.10 Å². The van der Waals surface area contributed by atoms with Gasteiger partial charge in [0.1, 0.15) is 23.4 Å². The van der Waals surface area contributed by atoms with Crippen LogP contribution in [-0.4, -0.2) is 88.6 Å². The molecule has 2 aromatic carbocycles. The van der Waals surface area contributed by atoms with E-state index in [2.05, 4.69) is 33.7 Å². The van der Waals surface area contributed by atoms with E-state index in [-0.39, 0.29) is 6.01 Å². The molecule has 13 heteroatoms. The lowest BCUT2D eigenvalue weighted by Gasteiger charge is -2.33. The van der Waals surface area contributed by atoms with E-state index in [1.54, 1.807) is 37.2 Å². The van der Waals surface area contributed by atoms with E-state index >= 15 is 0 Å². The molecule has 1 atom stereocenters. The summed E-state index contributed by atoms with van der Waals surface area (Å²) in [5.41, 5.74) is 3.55. The molecule has 3 aromatic heterocycles. The number of hydrogen-bond donors (Lipinski definition) is 1. The number of methoxy groups -OCH3 is 2. The Balaban J connectivity index is 1.39. The molecular formula is C36H43ClN8O4. The minimum absolute atomic E-state index is 0.193. The standard InChI is InChI=1S/C36H43ClN8O4/c1-5-6-19-49-36-40-35(44(23-25-7-11-28(47-3)12-8-25)24-26-9-13-29(48-4)14-10-26)34-39-22-31(45(34)41-36)32(46)27-20-30(37)33(38-21-27)43-17-15-42(2)16-18-43/h7-14,20-22,32,46H,5-6,15-19,23-24H2,1-4H3. The summed E-state index contributed by atoms with van der Waals surface area (Å²) in [6, 6.07) is 17.8. The van der Waals surface area contributed by atoms with Crippen molar-refractivity contribution < 1.29 is 19.3 Å². The second-order valence-corrected chi connectivity index (χ2v) is 12.6. The molecule has 4 heterocycles. The van der Waals surface area contributed by atoms with Crippen molar-refractivity contribution >= 4 is 28.9 Å². The van der Waals surface area contributed by atoms with Crippen LogP contribution in [0.1, 0.15) is 48.3 Å². The number of ether oxygens (including phenoxy) is 3. The fourth-order valence-electron chi connectivity index (χ4n) is 5.76. The molecule has 5 aromatic rings. The summed E-state index contributed by atoms with van der Waals surface area (Å²) in [4.78, 5) is 20.9. The number of hydrogen-bond acceptors (Lipinski definition) is 11. The molecule has 6 rings (SSSR count). The summed E-state index contributed by atoms with van der Waals surface area (Å²) in [6.45, 7) is 7.11. The van der Waals surface area contributed by atoms with Gasteiger partial charge in [0.2, 0.25) is 0 Å². The number of likely N-dealkylation sites (N-methyl/N-ethyl adjacent to an activating group) is 1. The Labute approximate surface area is 291 Å². The smallest absolute Gasteiger partial charge is 0.336 e. The topological polar surface area (TPSA) is 114 Å². The molecule has 1 aliphatic heterocycles. The molecule has 0 aliphatic carbocycles. The van der Waals surface area contributed by atoms with Crippen LogP contribution in [0.3, 0.4) is 0 Å². The zero-order valence-electron chi connectivity index (χ0n) is 28.4. The maximum absolute atomic E-state index is 11.7. The fourth-order valence-corrected chi connectivity index (χ4v) is 6.05. The number of aliphatic hydroxyl groups excluding tert-OH is 1. The van der Waals surface area contributed by atoms with Gasteiger partial charge in [-0.3, -0.25) is 0 Å². The highest BCUT2D eigenvalue weighted by molar-refractivity contribution is 6.33. The molecule has 1 saturated heterocycles. The van der Waals surface area contributed by atoms with Crippen LogP contribution in [0.5, 0.6) is 17.5 Å². The molecule has 1 aliphatic rings. The number of anilines is 2. The number of rotatable bonds is 14. The highest BCUT2D eigenvalue weighted by atomic mass is 35.5. The van der Waals surface area contributed by atoms with Gasteiger partial charge in [0, 0.05) is 51.0 Å². The van der Waals surface area contributed by atoms with Crippen molar-refractivity contribution in [2.75, 3.05) is 63.9 Å². The van der Waals surface area contributed by atoms with E-state index in [1.165, 1.54) is 0 Å². The minimum Gasteiger partial charge on any atom is -0.497 e. The molecule has 49 heavy (non-hydrogen) atoms. The maximum Gasteiger partial charge on any atom is 0.336 e. The van der Waals surface area contributed by atoms with Gasteiger partial charge in [-0.1, -0.05) is 49.2 Å². The second kappa shape index (κ2) is 15.7. The number of fused-ring (bicyclic) bond motifs is 1. The first-order valence-corrected chi connectivity index (χ1v) is 16.9. The van der Waals surface area contributed by atoms with E-state index in [9.17, 15) is 5.11 Å². The summed E-state index contributed by atoms with van der Waals surface area (Å²) in [5.74, 6) is 2.83. The number of piperazine rings is 1. The van der Waals surface area contributed by atoms with Crippen molar-refractivity contribution in [3.05, 3.63) is 94.4 Å². The zero-order valence-corrected chi connectivity index (χ0v) is 29.2. The van der Waals surface area contributed by atoms with Crippen LogP contribution in [-0.2, 0) is 13.1 Å². The van der Waals surface area contributed by atoms with E-state index in [1.807, 2.05) is 48.5 Å². The van der Waals surface area contributed by atoms with Gasteiger partial charge in [0.15, 0.2) is 11.5 Å². The Morgan fingerprint density at radius 2 is 1.53 bits per heavy atom. The van der Waals surface area contributed by atoms with Gasteiger partial charge in [0.25, 0.3) is 0 Å². The molecule has 12 nitrogen and oxygen atoms in total. The number of unbranched alkanes of at least 4 members (excludes halogenated alkanes) is 1. The van der Waals surface area contributed by atoms with E-state index in [0.29, 0.717) is 53.3 Å². The number of imidazole rings is 1. The highest BCUT2D eigenvalue weighted by Gasteiger charge is 2.25. The van der Waals surface area contributed by atoms with Crippen molar-refractivity contribution in [1.29, 1.82) is 0 Å². The molecule has 1 unspecified atom stereocenters. The molecular weight excluding hydrogens is 644 g/mol. The summed E-state index contributed by atoms with van der Waals surface area (Å²) in [7, 11) is 5.41. The van der Waals surface area contributed by atoms with Crippen LogP contribution in [0.25, 0.3) is 5.65 Å². The highest BCUT2D eigenvalue weighted by Crippen LogP contribution is 2.32. The third-order valence-electron chi connectivity index (χ3n) is 8.69. The first kappa shape index (κ1) is 34.2. The Bertz CT molecular complexity index is 1780. The quantitative estimate of drug-likeness (QED) is 0.151. The van der Waals surface area contributed by atoms with Crippen LogP contribution < -0.4 is 24.0 Å². The Morgan fingerprint density at radius 1 is 0.898 bits per heavy atom. The van der Waals surface area contributed by atoms with Crippen LogP contribution in [0, 0.1) is 0 Å². The summed E-state index contributed by atoms with van der Waals surface area (Å²) in [5, 5.41) is 16.9. The molecule has 0 radical (unpaired) electrons. The maximum atomic E-state index is 11.7. The molecule has 0 spiro atoms. The molecule has 1 N–H and O–H groups in total. The number of aliphatic hydroxyl groups is 1. The number of halogens is 1. The van der Waals surface area contributed by atoms with E-state index < -0.39 is 6.10 Å². The molecule has 0 amide bonds. The van der Waals surface area contributed by atoms with Crippen molar-refractivity contribution in [1.82, 2.24) is 29.5 Å². The monoisotopic (exact) mass is 686 g/mol. The van der Waals surface area contributed by atoms with Gasteiger partial charge in [-0.2, -0.15) is 4.98 Å². The summed E-state index contributed by atoms with van der Waals surface area (Å²) < 4.78 is 18.5. The lowest BCUT2D eigenvalue weighted by Crippen LogP contribution is -2.44. The number of aromatic nitrogens is 5. The Morgan fingerprint density at radius 3 is 2.10 bits per heavy atom. The predicted octanol–water partition coefficient (Wildman–Crippen LogP) is 5.41. The fraction of sp³-hybridized carbons (Fsp3) is 0.389. The Hall–Kier alpha value is -4.65. The largest absolute Gasteiger partial charge is 0.497 e. The van der Waals surface area contributed by atoms with Crippen LogP contribution >= 0.6 is 11.6 Å². The normalized spacial score (nSPS) is 14.2. The Kier molecular flexibility index (Phi) is 11.0. The predicted molar refractivity (Wildman–Crippen MR) is 190 cm³/mol. The molecule has 0 bridgehead atoms. The lowest BCUT2D eigenvalue weighted by molar-refractivity contribution is 0.211. The van der Waals surface area contributed by atoms with Gasteiger partial charge >= 0.3 is 6.01 Å². The van der Waals surface area contributed by atoms with Crippen LogP contribution in [0.15, 0.2) is 67.0 Å². The average molecular weight is 687 g/mol. The second-order valence-electron chi connectivity index (χ2n) is 12.2. The van der Waals surface area contributed by atoms with Crippen LogP contribution in [0.4, 0.5) is 11.6 Å². The van der Waals surface area contributed by atoms with Crippen molar-refractivity contribution in [3.8, 4) is 17.5 Å². The minimum atomic E-state index is -1.11. The molecule has 0 saturated carbocycles. The summed E-state index contributed by atoms with van der Waals surface area (Å²) >= 11 is 6.76. The first-order valence-electron chi connectivity index (χ1n) is 16.5. The van der Waals surface area contributed by atoms with Gasteiger partial charge < -0.3 is 34.0 Å². The van der Waals surface area contributed by atoms with Crippen molar-refractivity contribution in [3.63, 3.8) is 0 Å². The average Bonchev–Trinajstić information content (AvgIpc) is 3.56. The number of benzene rings is 2. The molecule has 1 fully saturated rings. The van der Waals surface area contributed by atoms with Gasteiger partial charge in [0.05, 0.1) is 37.7 Å². The zero-order chi connectivity index (χ0) is 34.3. The first-order chi connectivity index (χ1) is 23.9. The number of pyridine rings is 1. The third-order valence-corrected chi connectivity index (χ3v) is 8.96.